The van der Waals surface area contributed by atoms with Crippen LogP contribution in [0.3, 0.4) is 0 Å². The topological polar surface area (TPSA) is 76.2 Å². The minimum absolute atomic E-state index is 0.142. The highest BCUT2D eigenvalue weighted by Crippen LogP contribution is 2.42. The first-order valence-electron chi connectivity index (χ1n) is 6.48. The van der Waals surface area contributed by atoms with Gasteiger partial charge < -0.3 is 9.63 Å². The third-order valence-electron chi connectivity index (χ3n) is 2.97. The number of aliphatic carboxylic acids is 1. The number of hydrogen-bond donors (Lipinski definition) is 1. The van der Waals surface area contributed by atoms with Gasteiger partial charge >= 0.3 is 5.97 Å². The molecule has 0 aromatic carbocycles. The van der Waals surface area contributed by atoms with Crippen molar-refractivity contribution >= 4 is 29.5 Å². The van der Waals surface area contributed by atoms with Gasteiger partial charge in [0.2, 0.25) is 5.89 Å². The van der Waals surface area contributed by atoms with E-state index >= 15 is 0 Å². The van der Waals surface area contributed by atoms with Crippen LogP contribution in [0, 0.1) is 0 Å². The van der Waals surface area contributed by atoms with Gasteiger partial charge in [0.15, 0.2) is 5.82 Å². The zero-order chi connectivity index (χ0) is 13.7. The van der Waals surface area contributed by atoms with E-state index in [9.17, 15) is 4.79 Å². The van der Waals surface area contributed by atoms with E-state index in [1.54, 1.807) is 0 Å². The number of thioether (sulfide) groups is 2. The lowest BCUT2D eigenvalue weighted by molar-refractivity contribution is -0.137. The monoisotopic (exact) mass is 302 g/mol. The molecular weight excluding hydrogens is 284 g/mol. The minimum atomic E-state index is -0.787. The number of rotatable bonds is 6. The van der Waals surface area contributed by atoms with Crippen molar-refractivity contribution in [1.82, 2.24) is 10.1 Å². The van der Waals surface area contributed by atoms with Crippen LogP contribution in [-0.4, -0.2) is 38.0 Å². The molecule has 0 saturated carbocycles. The summed E-state index contributed by atoms with van der Waals surface area (Å²) in [6.45, 7) is 2.18. The molecule has 106 valence electrons. The van der Waals surface area contributed by atoms with E-state index in [0.717, 1.165) is 18.0 Å². The molecule has 5 nitrogen and oxygen atoms in total. The summed E-state index contributed by atoms with van der Waals surface area (Å²) in [6, 6.07) is 0. The highest BCUT2D eigenvalue weighted by molar-refractivity contribution is 8.06. The van der Waals surface area contributed by atoms with Gasteiger partial charge in [0.05, 0.1) is 5.25 Å². The molecule has 1 N–H and O–H groups in total. The summed E-state index contributed by atoms with van der Waals surface area (Å²) in [5, 5.41) is 13.5. The second-order valence-corrected chi connectivity index (χ2v) is 7.00. The van der Waals surface area contributed by atoms with Crippen LogP contribution in [0.1, 0.15) is 43.2 Å². The van der Waals surface area contributed by atoms with Crippen molar-refractivity contribution in [2.75, 3.05) is 11.5 Å². The molecule has 1 fully saturated rings. The van der Waals surface area contributed by atoms with Crippen molar-refractivity contribution < 1.29 is 14.4 Å². The lowest BCUT2D eigenvalue weighted by atomic mass is 10.2. The molecule has 2 rings (SSSR count). The molecule has 0 aliphatic carbocycles. The Morgan fingerprint density at radius 2 is 2.26 bits per heavy atom. The number of carboxylic acid groups (broad SMARTS) is 1. The summed E-state index contributed by atoms with van der Waals surface area (Å²) in [5.41, 5.74) is 0. The molecule has 1 aliphatic heterocycles. The number of hydrogen-bond acceptors (Lipinski definition) is 6. The Morgan fingerprint density at radius 1 is 1.47 bits per heavy atom. The molecule has 0 spiro atoms. The third kappa shape index (κ3) is 4.14. The van der Waals surface area contributed by atoms with Gasteiger partial charge in [-0.3, -0.25) is 4.79 Å². The van der Waals surface area contributed by atoms with Crippen LogP contribution >= 0.6 is 23.5 Å². The molecule has 7 heteroatoms. The summed E-state index contributed by atoms with van der Waals surface area (Å²) in [6.07, 6.45) is 2.33. The van der Waals surface area contributed by atoms with Gasteiger partial charge in [-0.15, -0.1) is 11.8 Å². The van der Waals surface area contributed by atoms with E-state index in [2.05, 4.69) is 17.1 Å². The molecule has 1 aromatic heterocycles. The molecule has 1 aromatic rings. The van der Waals surface area contributed by atoms with Gasteiger partial charge in [0, 0.05) is 29.6 Å². The second kappa shape index (κ2) is 7.19. The summed E-state index contributed by atoms with van der Waals surface area (Å²) in [7, 11) is 0. The number of carbonyl (C=O) groups is 1. The lowest BCUT2D eigenvalue weighted by Gasteiger charge is -2.27. The molecular formula is C12H18N2O3S2. The molecule has 1 saturated heterocycles. The molecule has 2 unspecified atom stereocenters. The number of nitrogens with zero attached hydrogens (tertiary/aromatic N) is 2. The van der Waals surface area contributed by atoms with Crippen molar-refractivity contribution in [3.63, 3.8) is 0 Å². The summed E-state index contributed by atoms with van der Waals surface area (Å²) in [5.74, 6) is 2.85. The molecule has 2 atom stereocenters. The molecule has 19 heavy (non-hydrogen) atoms. The van der Waals surface area contributed by atoms with Crippen molar-refractivity contribution in [3.05, 3.63) is 11.7 Å². The van der Waals surface area contributed by atoms with E-state index < -0.39 is 5.97 Å². The van der Waals surface area contributed by atoms with Crippen molar-refractivity contribution in [3.8, 4) is 0 Å². The average Bonchev–Trinajstić information content (AvgIpc) is 2.87. The van der Waals surface area contributed by atoms with Crippen LogP contribution < -0.4 is 0 Å². The fourth-order valence-corrected chi connectivity index (χ4v) is 5.00. The Morgan fingerprint density at radius 3 is 3.00 bits per heavy atom. The van der Waals surface area contributed by atoms with Crippen molar-refractivity contribution in [1.29, 1.82) is 0 Å². The average molecular weight is 302 g/mol. The van der Waals surface area contributed by atoms with Crippen LogP contribution in [0.15, 0.2) is 4.52 Å². The quantitative estimate of drug-likeness (QED) is 0.865. The highest BCUT2D eigenvalue weighted by Gasteiger charge is 2.30. The van der Waals surface area contributed by atoms with E-state index in [-0.39, 0.29) is 6.42 Å². The van der Waals surface area contributed by atoms with Gasteiger partial charge in [0.25, 0.3) is 0 Å². The Kier molecular flexibility index (Phi) is 5.57. The number of carboxylic acids is 1. The standard InChI is InChI=1S/C12H18N2O3S2/c1-2-8-11(19-7-6-18-8)12-13-9(17-14-12)4-3-5-10(15)16/h8,11H,2-7H2,1H3,(H,15,16). The second-order valence-electron chi connectivity index (χ2n) is 4.40. The lowest BCUT2D eigenvalue weighted by Crippen LogP contribution is -2.19. The van der Waals surface area contributed by atoms with E-state index in [1.807, 2.05) is 23.5 Å². The Balaban J connectivity index is 1.93. The van der Waals surface area contributed by atoms with E-state index in [4.69, 9.17) is 9.63 Å². The fourth-order valence-electron chi connectivity index (χ4n) is 2.02. The Labute approximate surface area is 120 Å². The van der Waals surface area contributed by atoms with Gasteiger partial charge in [0.1, 0.15) is 0 Å². The largest absolute Gasteiger partial charge is 0.481 e. The first-order chi connectivity index (χ1) is 9.20. The van der Waals surface area contributed by atoms with Gasteiger partial charge in [-0.25, -0.2) is 0 Å². The predicted octanol–water partition coefficient (Wildman–Crippen LogP) is 2.78. The highest BCUT2D eigenvalue weighted by atomic mass is 32.2. The summed E-state index contributed by atoms with van der Waals surface area (Å²) >= 11 is 3.87. The maximum absolute atomic E-state index is 10.5. The molecule has 1 aliphatic rings. The Hall–Kier alpha value is -0.690. The molecule has 0 amide bonds. The zero-order valence-electron chi connectivity index (χ0n) is 10.9. The Bertz CT molecular complexity index is 425. The number of aromatic nitrogens is 2. The summed E-state index contributed by atoms with van der Waals surface area (Å²) < 4.78 is 5.22. The molecule has 0 bridgehead atoms. The molecule has 2 heterocycles. The SMILES string of the molecule is CCC1SCCSC1c1noc(CCCC(=O)O)n1. The minimum Gasteiger partial charge on any atom is -0.481 e. The summed E-state index contributed by atoms with van der Waals surface area (Å²) in [4.78, 5) is 14.9. The van der Waals surface area contributed by atoms with Crippen LogP contribution in [0.2, 0.25) is 0 Å². The molecule has 0 radical (unpaired) electrons. The van der Waals surface area contributed by atoms with Crippen molar-refractivity contribution in [2.45, 2.75) is 43.1 Å². The van der Waals surface area contributed by atoms with Gasteiger partial charge in [-0.1, -0.05) is 12.1 Å². The van der Waals surface area contributed by atoms with Crippen LogP contribution in [-0.2, 0) is 11.2 Å². The zero-order valence-corrected chi connectivity index (χ0v) is 12.5. The normalized spacial score (nSPS) is 23.4. The van der Waals surface area contributed by atoms with E-state index in [0.29, 0.717) is 29.2 Å². The van der Waals surface area contributed by atoms with Crippen LogP contribution in [0.4, 0.5) is 0 Å². The predicted molar refractivity (Wildman–Crippen MR) is 76.6 cm³/mol. The maximum Gasteiger partial charge on any atom is 0.303 e. The van der Waals surface area contributed by atoms with Crippen LogP contribution in [0.5, 0.6) is 0 Å². The van der Waals surface area contributed by atoms with Gasteiger partial charge in [-0.2, -0.15) is 16.7 Å². The van der Waals surface area contributed by atoms with Crippen molar-refractivity contribution in [2.24, 2.45) is 0 Å². The maximum atomic E-state index is 10.5. The van der Waals surface area contributed by atoms with Gasteiger partial charge in [-0.05, 0) is 12.8 Å². The first-order valence-corrected chi connectivity index (χ1v) is 8.58. The first kappa shape index (κ1) is 14.7. The fraction of sp³-hybridized carbons (Fsp3) is 0.750. The van der Waals surface area contributed by atoms with E-state index in [1.165, 1.54) is 5.75 Å². The third-order valence-corrected chi connectivity index (χ3v) is 6.21. The smallest absolute Gasteiger partial charge is 0.303 e. The van der Waals surface area contributed by atoms with Crippen LogP contribution in [0.25, 0.3) is 0 Å². The number of aryl methyl sites for hydroxylation is 1.